The van der Waals surface area contributed by atoms with Gasteiger partial charge in [0, 0.05) is 23.2 Å². The van der Waals surface area contributed by atoms with Crippen LogP contribution in [0.15, 0.2) is 66.9 Å². The smallest absolute Gasteiger partial charge is 0.335 e. The van der Waals surface area contributed by atoms with Crippen molar-refractivity contribution in [2.75, 3.05) is 6.79 Å². The first kappa shape index (κ1) is 21.9. The van der Waals surface area contributed by atoms with Crippen LogP contribution in [0.2, 0.25) is 5.02 Å². The van der Waals surface area contributed by atoms with Crippen molar-refractivity contribution in [2.24, 2.45) is 0 Å². The topological polar surface area (TPSA) is 89.8 Å². The summed E-state index contributed by atoms with van der Waals surface area (Å²) in [6.45, 7) is 2.50. The van der Waals surface area contributed by atoms with E-state index >= 15 is 0 Å². The monoisotopic (exact) mass is 476 g/mol. The Hall–Kier alpha value is -3.97. The number of benzene rings is 3. The van der Waals surface area contributed by atoms with Gasteiger partial charge in [-0.25, -0.2) is 4.79 Å². The zero-order valence-corrected chi connectivity index (χ0v) is 19.0. The summed E-state index contributed by atoms with van der Waals surface area (Å²) in [6, 6.07) is 17.3. The second-order valence-electron chi connectivity index (χ2n) is 8.11. The van der Waals surface area contributed by atoms with Crippen molar-refractivity contribution in [3.05, 3.63) is 94.1 Å². The number of aromatic carboxylic acids is 1. The first-order valence-electron chi connectivity index (χ1n) is 10.7. The van der Waals surface area contributed by atoms with Gasteiger partial charge in [-0.1, -0.05) is 35.9 Å². The second kappa shape index (κ2) is 8.76. The number of ether oxygens (including phenoxy) is 2. The van der Waals surface area contributed by atoms with Gasteiger partial charge in [0.05, 0.1) is 22.7 Å². The highest BCUT2D eigenvalue weighted by Gasteiger charge is 2.25. The Bertz CT molecular complexity index is 1390. The van der Waals surface area contributed by atoms with Gasteiger partial charge >= 0.3 is 5.97 Å². The van der Waals surface area contributed by atoms with Crippen molar-refractivity contribution in [1.82, 2.24) is 9.88 Å². The van der Waals surface area contributed by atoms with Crippen molar-refractivity contribution in [1.29, 1.82) is 0 Å². The Kier molecular flexibility index (Phi) is 5.63. The zero-order valence-electron chi connectivity index (χ0n) is 18.2. The quantitative estimate of drug-likeness (QED) is 0.396. The molecule has 0 saturated carbocycles. The number of hydrogen-bond acceptors (Lipinski definition) is 4. The standard InChI is InChI=1S/C26H21ClN2O5/c1-15(17-4-6-18(7-5-17)26(31)32)28-25(30)21-12-22-24(34-14-33-22)20-10-11-29(23(20)21)13-16-2-8-19(27)9-3-16/h2-12,15H,13-14H2,1H3,(H,28,30)(H,31,32)/t15-/m0/s1. The number of nitrogens with zero attached hydrogens (tertiary/aromatic N) is 1. The van der Waals surface area contributed by atoms with Crippen molar-refractivity contribution in [3.8, 4) is 11.5 Å². The fourth-order valence-corrected chi connectivity index (χ4v) is 4.25. The number of rotatable bonds is 6. The molecule has 1 atom stereocenters. The third-order valence-electron chi connectivity index (χ3n) is 5.90. The average Bonchev–Trinajstić information content (AvgIpc) is 3.47. The largest absolute Gasteiger partial charge is 0.478 e. The van der Waals surface area contributed by atoms with Gasteiger partial charge in [0.15, 0.2) is 11.5 Å². The van der Waals surface area contributed by atoms with Crippen LogP contribution in [0.4, 0.5) is 0 Å². The molecule has 7 nitrogen and oxygen atoms in total. The van der Waals surface area contributed by atoms with E-state index < -0.39 is 5.97 Å². The maximum atomic E-state index is 13.4. The summed E-state index contributed by atoms with van der Waals surface area (Å²) in [6.07, 6.45) is 1.92. The lowest BCUT2D eigenvalue weighted by molar-refractivity contribution is 0.0696. The number of carboxylic acids is 1. The minimum absolute atomic E-state index is 0.101. The Morgan fingerprint density at radius 3 is 2.53 bits per heavy atom. The minimum Gasteiger partial charge on any atom is -0.478 e. The van der Waals surface area contributed by atoms with E-state index in [1.807, 2.05) is 48.0 Å². The molecule has 0 aliphatic carbocycles. The van der Waals surface area contributed by atoms with Gasteiger partial charge < -0.3 is 24.5 Å². The molecule has 2 heterocycles. The number of aromatic nitrogens is 1. The van der Waals surface area contributed by atoms with Crippen LogP contribution in [0.5, 0.6) is 11.5 Å². The molecule has 0 bridgehead atoms. The molecule has 8 heteroatoms. The molecule has 0 spiro atoms. The van der Waals surface area contributed by atoms with Crippen molar-refractivity contribution in [2.45, 2.75) is 19.5 Å². The summed E-state index contributed by atoms with van der Waals surface area (Å²) in [5.41, 5.74) is 3.24. The third-order valence-corrected chi connectivity index (χ3v) is 6.15. The molecule has 0 radical (unpaired) electrons. The third kappa shape index (κ3) is 4.06. The SMILES string of the molecule is C[C@H](NC(=O)c1cc2c(c3ccn(Cc4ccc(Cl)cc4)c13)OCO2)c1ccc(C(=O)O)cc1. The number of carbonyl (C=O) groups excluding carboxylic acids is 1. The highest BCUT2D eigenvalue weighted by molar-refractivity contribution is 6.30. The summed E-state index contributed by atoms with van der Waals surface area (Å²) in [5.74, 6) is -0.110. The number of nitrogens with one attached hydrogen (secondary N) is 1. The van der Waals surface area contributed by atoms with Gasteiger partial charge in [0.2, 0.25) is 6.79 Å². The Labute approximate surface area is 200 Å². The molecule has 1 amide bonds. The maximum Gasteiger partial charge on any atom is 0.335 e. The molecule has 0 saturated heterocycles. The van der Waals surface area contributed by atoms with E-state index in [1.54, 1.807) is 18.2 Å². The molecule has 4 aromatic rings. The molecule has 5 rings (SSSR count). The molecule has 0 unspecified atom stereocenters. The highest BCUT2D eigenvalue weighted by atomic mass is 35.5. The maximum absolute atomic E-state index is 13.4. The molecule has 0 fully saturated rings. The van der Waals surface area contributed by atoms with Gasteiger partial charge in [0.25, 0.3) is 5.91 Å². The summed E-state index contributed by atoms with van der Waals surface area (Å²) in [4.78, 5) is 24.5. The molecule has 34 heavy (non-hydrogen) atoms. The minimum atomic E-state index is -0.993. The van der Waals surface area contributed by atoms with Crippen LogP contribution in [0.1, 0.15) is 44.8 Å². The van der Waals surface area contributed by atoms with Gasteiger partial charge in [0.1, 0.15) is 0 Å². The number of halogens is 1. The fraction of sp³-hybridized carbons (Fsp3) is 0.154. The van der Waals surface area contributed by atoms with E-state index in [9.17, 15) is 9.59 Å². The summed E-state index contributed by atoms with van der Waals surface area (Å²) in [5, 5.41) is 13.6. The van der Waals surface area contributed by atoms with Gasteiger partial charge in [-0.3, -0.25) is 4.79 Å². The van der Waals surface area contributed by atoms with E-state index in [0.717, 1.165) is 22.0 Å². The van der Waals surface area contributed by atoms with Crippen LogP contribution in [0.25, 0.3) is 10.9 Å². The van der Waals surface area contributed by atoms with Crippen LogP contribution in [0, 0.1) is 0 Å². The van der Waals surface area contributed by atoms with Crippen LogP contribution in [-0.2, 0) is 6.54 Å². The number of carbonyl (C=O) groups is 2. The lowest BCUT2D eigenvalue weighted by atomic mass is 10.0. The number of hydrogen-bond donors (Lipinski definition) is 2. The van der Waals surface area contributed by atoms with Gasteiger partial charge in [-0.2, -0.15) is 0 Å². The normalized spacial score (nSPS) is 13.1. The van der Waals surface area contributed by atoms with E-state index in [2.05, 4.69) is 5.32 Å². The first-order chi connectivity index (χ1) is 16.4. The Morgan fingerprint density at radius 2 is 1.82 bits per heavy atom. The molecule has 172 valence electrons. The van der Waals surface area contributed by atoms with Crippen molar-refractivity contribution < 1.29 is 24.2 Å². The average molecular weight is 477 g/mol. The Morgan fingerprint density at radius 1 is 1.09 bits per heavy atom. The summed E-state index contributed by atoms with van der Waals surface area (Å²) in [7, 11) is 0. The molecule has 1 aromatic heterocycles. The number of amides is 1. The van der Waals surface area contributed by atoms with Crippen LogP contribution >= 0.6 is 11.6 Å². The highest BCUT2D eigenvalue weighted by Crippen LogP contribution is 2.42. The van der Waals surface area contributed by atoms with Crippen LogP contribution in [-0.4, -0.2) is 28.3 Å². The number of fused-ring (bicyclic) bond motifs is 3. The van der Waals surface area contributed by atoms with E-state index in [4.69, 9.17) is 26.2 Å². The van der Waals surface area contributed by atoms with E-state index in [1.165, 1.54) is 12.1 Å². The molecule has 1 aliphatic heterocycles. The molecule has 3 aromatic carbocycles. The zero-order chi connectivity index (χ0) is 23.8. The van der Waals surface area contributed by atoms with Crippen molar-refractivity contribution >= 4 is 34.4 Å². The lowest BCUT2D eigenvalue weighted by Gasteiger charge is -2.17. The molecule has 1 aliphatic rings. The fourth-order valence-electron chi connectivity index (χ4n) is 4.12. The summed E-state index contributed by atoms with van der Waals surface area (Å²) >= 11 is 6.02. The summed E-state index contributed by atoms with van der Waals surface area (Å²) < 4.78 is 13.3. The van der Waals surface area contributed by atoms with Crippen LogP contribution < -0.4 is 14.8 Å². The second-order valence-corrected chi connectivity index (χ2v) is 8.55. The predicted octanol–water partition coefficient (Wildman–Crippen LogP) is 5.26. The molecular weight excluding hydrogens is 456 g/mol. The van der Waals surface area contributed by atoms with Gasteiger partial charge in [-0.05, 0) is 54.4 Å². The van der Waals surface area contributed by atoms with Crippen molar-refractivity contribution in [3.63, 3.8) is 0 Å². The number of carboxylic acid groups (broad SMARTS) is 1. The Balaban J connectivity index is 1.49. The van der Waals surface area contributed by atoms with Gasteiger partial charge in [-0.15, -0.1) is 0 Å². The predicted molar refractivity (Wildman–Crippen MR) is 128 cm³/mol. The molecule has 2 N–H and O–H groups in total. The lowest BCUT2D eigenvalue weighted by Crippen LogP contribution is -2.27. The van der Waals surface area contributed by atoms with E-state index in [-0.39, 0.29) is 24.3 Å². The van der Waals surface area contributed by atoms with Crippen LogP contribution in [0.3, 0.4) is 0 Å². The molecular formula is C26H21ClN2O5. The first-order valence-corrected chi connectivity index (χ1v) is 11.1. The van der Waals surface area contributed by atoms with E-state index in [0.29, 0.717) is 28.6 Å².